The van der Waals surface area contributed by atoms with Gasteiger partial charge >= 0.3 is 5.63 Å². The predicted octanol–water partition coefficient (Wildman–Crippen LogP) is 5.44. The fourth-order valence-corrected chi connectivity index (χ4v) is 3.43. The van der Waals surface area contributed by atoms with Crippen LogP contribution in [0.25, 0.3) is 33.1 Å². The molecule has 0 atom stereocenters. The van der Waals surface area contributed by atoms with Crippen molar-refractivity contribution in [2.75, 3.05) is 0 Å². The van der Waals surface area contributed by atoms with Crippen LogP contribution in [0.2, 0.25) is 0 Å². The van der Waals surface area contributed by atoms with Crippen LogP contribution in [0, 0.1) is 0 Å². The van der Waals surface area contributed by atoms with E-state index in [4.69, 9.17) is 8.83 Å². The molecule has 0 bridgehead atoms. The van der Waals surface area contributed by atoms with E-state index in [9.17, 15) is 9.59 Å². The number of hydrogen-bond acceptors (Lipinski definition) is 4. The molecular weight excluding hydrogens is 352 g/mol. The molecule has 2 aromatic heterocycles. The number of hydrogen-bond donors (Lipinski definition) is 0. The van der Waals surface area contributed by atoms with E-state index in [0.29, 0.717) is 22.1 Å². The Hall–Kier alpha value is -3.92. The standard InChI is InChI=1S/C24H14O4/c25-22-14-18(15-7-3-1-4-8-15)17-11-12-20-19(24(17)28-22)13-21(27-20)23(26)16-9-5-2-6-10-16/h1-14H. The Balaban J connectivity index is 1.75. The summed E-state index contributed by atoms with van der Waals surface area (Å²) in [4.78, 5) is 24.9. The van der Waals surface area contributed by atoms with Gasteiger partial charge in [-0.25, -0.2) is 4.79 Å². The van der Waals surface area contributed by atoms with Crippen LogP contribution in [-0.4, -0.2) is 5.78 Å². The van der Waals surface area contributed by atoms with Crippen molar-refractivity contribution in [2.45, 2.75) is 0 Å². The van der Waals surface area contributed by atoms with Crippen molar-refractivity contribution >= 4 is 27.7 Å². The molecule has 0 amide bonds. The second-order valence-electron chi connectivity index (χ2n) is 6.50. The van der Waals surface area contributed by atoms with Crippen molar-refractivity contribution in [1.29, 1.82) is 0 Å². The van der Waals surface area contributed by atoms with E-state index < -0.39 is 5.63 Å². The van der Waals surface area contributed by atoms with Crippen LogP contribution >= 0.6 is 0 Å². The minimum absolute atomic E-state index is 0.210. The Kier molecular flexibility index (Phi) is 3.69. The Labute approximate surface area is 159 Å². The largest absolute Gasteiger partial charge is 0.452 e. The maximum Gasteiger partial charge on any atom is 0.336 e. The fraction of sp³-hybridized carbons (Fsp3) is 0. The van der Waals surface area contributed by atoms with Crippen molar-refractivity contribution in [3.8, 4) is 11.1 Å². The van der Waals surface area contributed by atoms with Gasteiger partial charge in [0.25, 0.3) is 0 Å². The normalized spacial score (nSPS) is 11.1. The van der Waals surface area contributed by atoms with Gasteiger partial charge in [0.05, 0.1) is 5.39 Å². The molecule has 0 saturated heterocycles. The van der Waals surface area contributed by atoms with Crippen LogP contribution in [0.15, 0.2) is 98.6 Å². The van der Waals surface area contributed by atoms with Gasteiger partial charge in [0.15, 0.2) is 5.76 Å². The minimum Gasteiger partial charge on any atom is -0.452 e. The fourth-order valence-electron chi connectivity index (χ4n) is 3.43. The summed E-state index contributed by atoms with van der Waals surface area (Å²) in [7, 11) is 0. The van der Waals surface area contributed by atoms with E-state index in [2.05, 4.69) is 0 Å². The Morgan fingerprint density at radius 1 is 0.714 bits per heavy atom. The lowest BCUT2D eigenvalue weighted by Gasteiger charge is -2.05. The zero-order chi connectivity index (χ0) is 19.1. The first-order valence-corrected chi connectivity index (χ1v) is 8.86. The molecule has 0 aliphatic rings. The molecule has 0 saturated carbocycles. The highest BCUT2D eigenvalue weighted by Gasteiger charge is 2.18. The van der Waals surface area contributed by atoms with E-state index in [1.807, 2.05) is 42.5 Å². The van der Waals surface area contributed by atoms with Gasteiger partial charge < -0.3 is 8.83 Å². The molecule has 5 aromatic rings. The summed E-state index contributed by atoms with van der Waals surface area (Å²) in [5.74, 6) is -0.00651. The third-order valence-electron chi connectivity index (χ3n) is 4.75. The smallest absolute Gasteiger partial charge is 0.336 e. The molecule has 0 radical (unpaired) electrons. The van der Waals surface area contributed by atoms with E-state index >= 15 is 0 Å². The predicted molar refractivity (Wildman–Crippen MR) is 108 cm³/mol. The van der Waals surface area contributed by atoms with Crippen molar-refractivity contribution in [1.82, 2.24) is 0 Å². The van der Waals surface area contributed by atoms with Crippen LogP contribution in [0.4, 0.5) is 0 Å². The Morgan fingerprint density at radius 3 is 2.18 bits per heavy atom. The average Bonchev–Trinajstić information content (AvgIpc) is 3.19. The molecule has 28 heavy (non-hydrogen) atoms. The van der Waals surface area contributed by atoms with E-state index in [0.717, 1.165) is 16.5 Å². The van der Waals surface area contributed by atoms with Crippen molar-refractivity contribution in [2.24, 2.45) is 0 Å². The van der Waals surface area contributed by atoms with Gasteiger partial charge in [-0.3, -0.25) is 4.79 Å². The first-order valence-electron chi connectivity index (χ1n) is 8.86. The number of benzene rings is 3. The third-order valence-corrected chi connectivity index (χ3v) is 4.75. The number of rotatable bonds is 3. The molecule has 0 aliphatic heterocycles. The zero-order valence-electron chi connectivity index (χ0n) is 14.7. The van der Waals surface area contributed by atoms with Gasteiger partial charge in [0.1, 0.15) is 11.2 Å². The van der Waals surface area contributed by atoms with Crippen molar-refractivity contribution < 1.29 is 13.6 Å². The van der Waals surface area contributed by atoms with E-state index in [1.54, 1.807) is 36.4 Å². The molecule has 3 aromatic carbocycles. The van der Waals surface area contributed by atoms with Crippen molar-refractivity contribution in [3.63, 3.8) is 0 Å². The van der Waals surface area contributed by atoms with Crippen LogP contribution in [0.1, 0.15) is 16.1 Å². The average molecular weight is 366 g/mol. The van der Waals surface area contributed by atoms with Gasteiger partial charge in [-0.05, 0) is 29.3 Å². The lowest BCUT2D eigenvalue weighted by atomic mass is 10.0. The highest BCUT2D eigenvalue weighted by molar-refractivity contribution is 6.13. The maximum atomic E-state index is 12.7. The topological polar surface area (TPSA) is 60.4 Å². The van der Waals surface area contributed by atoms with Gasteiger partial charge in [-0.15, -0.1) is 0 Å². The van der Waals surface area contributed by atoms with E-state index in [1.165, 1.54) is 6.07 Å². The maximum absolute atomic E-state index is 12.7. The summed E-state index contributed by atoms with van der Waals surface area (Å²) < 4.78 is 11.3. The van der Waals surface area contributed by atoms with Crippen LogP contribution < -0.4 is 5.63 Å². The van der Waals surface area contributed by atoms with Crippen molar-refractivity contribution in [3.05, 3.63) is 107 Å². The molecule has 4 nitrogen and oxygen atoms in total. The Bertz CT molecular complexity index is 1380. The number of carbonyl (C=O) groups excluding carboxylic acids is 1. The second-order valence-corrected chi connectivity index (χ2v) is 6.50. The van der Waals surface area contributed by atoms with Gasteiger partial charge in [-0.2, -0.15) is 0 Å². The van der Waals surface area contributed by atoms with Crippen LogP contribution in [-0.2, 0) is 0 Å². The van der Waals surface area contributed by atoms with Gasteiger partial charge in [0.2, 0.25) is 5.78 Å². The summed E-state index contributed by atoms with van der Waals surface area (Å²) in [6.07, 6.45) is 0. The monoisotopic (exact) mass is 366 g/mol. The highest BCUT2D eigenvalue weighted by Crippen LogP contribution is 2.33. The Morgan fingerprint density at radius 2 is 1.43 bits per heavy atom. The number of carbonyl (C=O) groups is 1. The molecule has 0 unspecified atom stereocenters. The van der Waals surface area contributed by atoms with Crippen LogP contribution in [0.3, 0.4) is 0 Å². The van der Waals surface area contributed by atoms with E-state index in [-0.39, 0.29) is 11.5 Å². The third kappa shape index (κ3) is 2.63. The number of ketones is 1. The zero-order valence-corrected chi connectivity index (χ0v) is 14.7. The molecule has 4 heteroatoms. The molecule has 2 heterocycles. The molecule has 0 spiro atoms. The minimum atomic E-state index is -0.448. The summed E-state index contributed by atoms with van der Waals surface area (Å²) in [6, 6.07) is 25.4. The first kappa shape index (κ1) is 16.3. The molecular formula is C24H14O4. The SMILES string of the molecule is O=C(c1ccccc1)c1cc2c(ccc3c(-c4ccccc4)cc(=O)oc32)o1. The molecule has 0 fully saturated rings. The second kappa shape index (κ2) is 6.35. The quantitative estimate of drug-likeness (QED) is 0.315. The lowest BCUT2D eigenvalue weighted by molar-refractivity contribution is 0.101. The summed E-state index contributed by atoms with van der Waals surface area (Å²) >= 11 is 0. The summed E-state index contributed by atoms with van der Waals surface area (Å²) in [5.41, 5.74) is 2.71. The molecule has 0 N–H and O–H groups in total. The highest BCUT2D eigenvalue weighted by atomic mass is 16.4. The van der Waals surface area contributed by atoms with Gasteiger partial charge in [-0.1, -0.05) is 60.7 Å². The van der Waals surface area contributed by atoms with Crippen LogP contribution in [0.5, 0.6) is 0 Å². The first-order chi connectivity index (χ1) is 13.7. The molecule has 0 aliphatic carbocycles. The number of furan rings is 1. The molecule has 134 valence electrons. The summed E-state index contributed by atoms with van der Waals surface area (Å²) in [5, 5.41) is 1.39. The lowest BCUT2D eigenvalue weighted by Crippen LogP contribution is -1.98. The summed E-state index contributed by atoms with van der Waals surface area (Å²) in [6.45, 7) is 0. The molecule has 5 rings (SSSR count). The van der Waals surface area contributed by atoms with Gasteiger partial charge in [0, 0.05) is 17.0 Å². The number of fused-ring (bicyclic) bond motifs is 3.